The second kappa shape index (κ2) is 8.42. The molecule has 102 valence electrons. The molecule has 0 amide bonds. The molecule has 1 fully saturated rings. The molecule has 1 saturated heterocycles. The molecule has 1 aliphatic rings. The van der Waals surface area contributed by atoms with Gasteiger partial charge in [0, 0.05) is 6.54 Å². The molecular weight excluding hydrogens is 226 g/mol. The first-order valence-corrected chi connectivity index (χ1v) is 8.13. The Hall–Kier alpha value is 0.310. The van der Waals surface area contributed by atoms with Crippen molar-refractivity contribution < 1.29 is 0 Å². The molecule has 1 heterocycles. The molecule has 0 saturated carbocycles. The van der Waals surface area contributed by atoms with E-state index in [1.165, 1.54) is 51.7 Å². The van der Waals surface area contributed by atoms with E-state index in [1.807, 2.05) is 0 Å². The number of thiol groups is 1. The first-order chi connectivity index (χ1) is 8.17. The van der Waals surface area contributed by atoms with Gasteiger partial charge >= 0.3 is 0 Å². The van der Waals surface area contributed by atoms with Gasteiger partial charge in [-0.05, 0) is 62.3 Å². The van der Waals surface area contributed by atoms with Crippen molar-refractivity contribution in [3.8, 4) is 0 Å². The molecule has 0 aromatic heterocycles. The van der Waals surface area contributed by atoms with Gasteiger partial charge in [-0.25, -0.2) is 0 Å². The van der Waals surface area contributed by atoms with Crippen LogP contribution in [0.1, 0.15) is 52.9 Å². The zero-order valence-corrected chi connectivity index (χ0v) is 12.9. The first kappa shape index (κ1) is 15.4. The Morgan fingerprint density at radius 3 is 2.59 bits per heavy atom. The van der Waals surface area contributed by atoms with Gasteiger partial charge in [0.2, 0.25) is 0 Å². The minimum atomic E-state index is 0.805. The van der Waals surface area contributed by atoms with Crippen molar-refractivity contribution >= 4 is 12.6 Å². The number of likely N-dealkylation sites (tertiary alicyclic amines) is 1. The van der Waals surface area contributed by atoms with Crippen LogP contribution in [0.2, 0.25) is 0 Å². The highest BCUT2D eigenvalue weighted by molar-refractivity contribution is 7.80. The molecule has 1 rings (SSSR count). The van der Waals surface area contributed by atoms with Gasteiger partial charge in [0.25, 0.3) is 0 Å². The molecule has 0 aromatic carbocycles. The zero-order valence-electron chi connectivity index (χ0n) is 12.0. The fourth-order valence-electron chi connectivity index (χ4n) is 3.04. The lowest BCUT2D eigenvalue weighted by molar-refractivity contribution is 0.235. The maximum absolute atomic E-state index is 4.50. The Bertz CT molecular complexity index is 193. The van der Waals surface area contributed by atoms with Gasteiger partial charge < -0.3 is 4.90 Å². The molecule has 1 aliphatic heterocycles. The molecule has 0 aliphatic carbocycles. The summed E-state index contributed by atoms with van der Waals surface area (Å²) >= 11 is 4.50. The highest BCUT2D eigenvalue weighted by atomic mass is 32.1. The Morgan fingerprint density at radius 1 is 1.24 bits per heavy atom. The lowest BCUT2D eigenvalue weighted by atomic mass is 9.89. The summed E-state index contributed by atoms with van der Waals surface area (Å²) < 4.78 is 0. The summed E-state index contributed by atoms with van der Waals surface area (Å²) in [7, 11) is 0. The standard InChI is InChI=1S/C15H31NS/c1-4-6-14(12-17)11-16-9-5-7-15(8-10-16)13(2)3/h13-15,17H,4-12H2,1-3H3. The van der Waals surface area contributed by atoms with Crippen molar-refractivity contribution in [1.82, 2.24) is 4.90 Å². The first-order valence-electron chi connectivity index (χ1n) is 7.50. The van der Waals surface area contributed by atoms with Crippen molar-refractivity contribution in [3.63, 3.8) is 0 Å². The van der Waals surface area contributed by atoms with Crippen LogP contribution in [-0.2, 0) is 0 Å². The highest BCUT2D eigenvalue weighted by Gasteiger charge is 2.20. The Balaban J connectivity index is 2.35. The van der Waals surface area contributed by atoms with Gasteiger partial charge in [-0.2, -0.15) is 12.6 Å². The third kappa shape index (κ3) is 5.65. The van der Waals surface area contributed by atoms with Crippen molar-refractivity contribution in [1.29, 1.82) is 0 Å². The van der Waals surface area contributed by atoms with E-state index in [-0.39, 0.29) is 0 Å². The Labute approximate surface area is 114 Å². The zero-order chi connectivity index (χ0) is 12.7. The number of rotatable bonds is 6. The Kier molecular flexibility index (Phi) is 7.61. The van der Waals surface area contributed by atoms with Crippen molar-refractivity contribution in [2.75, 3.05) is 25.4 Å². The molecular formula is C15H31NS. The summed E-state index contributed by atoms with van der Waals surface area (Å²) in [6, 6.07) is 0. The fraction of sp³-hybridized carbons (Fsp3) is 1.00. The van der Waals surface area contributed by atoms with Crippen LogP contribution in [0.25, 0.3) is 0 Å². The molecule has 17 heavy (non-hydrogen) atoms. The second-order valence-corrected chi connectivity index (χ2v) is 6.44. The molecule has 0 bridgehead atoms. The predicted molar refractivity (Wildman–Crippen MR) is 80.9 cm³/mol. The normalized spacial score (nSPS) is 24.9. The van der Waals surface area contributed by atoms with Crippen LogP contribution in [0.3, 0.4) is 0 Å². The molecule has 0 spiro atoms. The van der Waals surface area contributed by atoms with E-state index in [4.69, 9.17) is 0 Å². The second-order valence-electron chi connectivity index (χ2n) is 6.07. The third-order valence-electron chi connectivity index (χ3n) is 4.28. The SMILES string of the molecule is CCCC(CS)CN1CCCC(C(C)C)CC1. The van der Waals surface area contributed by atoms with E-state index in [1.54, 1.807) is 0 Å². The summed E-state index contributed by atoms with van der Waals surface area (Å²) in [6.45, 7) is 11.0. The summed E-state index contributed by atoms with van der Waals surface area (Å²) in [5, 5.41) is 0. The van der Waals surface area contributed by atoms with Crippen LogP contribution in [0.4, 0.5) is 0 Å². The van der Waals surface area contributed by atoms with Crippen LogP contribution in [0, 0.1) is 17.8 Å². The molecule has 0 N–H and O–H groups in total. The molecule has 2 atom stereocenters. The van der Waals surface area contributed by atoms with Crippen molar-refractivity contribution in [2.24, 2.45) is 17.8 Å². The van der Waals surface area contributed by atoms with Crippen LogP contribution in [0.15, 0.2) is 0 Å². The lowest BCUT2D eigenvalue weighted by Gasteiger charge is -2.25. The molecule has 0 radical (unpaired) electrons. The van der Waals surface area contributed by atoms with Crippen LogP contribution in [0.5, 0.6) is 0 Å². The quantitative estimate of drug-likeness (QED) is 0.701. The summed E-state index contributed by atoms with van der Waals surface area (Å²) in [6.07, 6.45) is 6.88. The largest absolute Gasteiger partial charge is 0.303 e. The highest BCUT2D eigenvalue weighted by Crippen LogP contribution is 2.25. The van der Waals surface area contributed by atoms with Crippen LogP contribution in [-0.4, -0.2) is 30.3 Å². The summed E-state index contributed by atoms with van der Waals surface area (Å²) in [5.41, 5.74) is 0. The fourth-order valence-corrected chi connectivity index (χ4v) is 3.34. The molecule has 0 aromatic rings. The van der Waals surface area contributed by atoms with Gasteiger partial charge in [-0.3, -0.25) is 0 Å². The Morgan fingerprint density at radius 2 is 2.00 bits per heavy atom. The van der Waals surface area contributed by atoms with E-state index < -0.39 is 0 Å². The van der Waals surface area contributed by atoms with Gasteiger partial charge in [-0.1, -0.05) is 27.2 Å². The summed E-state index contributed by atoms with van der Waals surface area (Å²) in [5.74, 6) is 3.68. The van der Waals surface area contributed by atoms with E-state index in [2.05, 4.69) is 38.3 Å². The average molecular weight is 257 g/mol. The number of hydrogen-bond acceptors (Lipinski definition) is 2. The van der Waals surface area contributed by atoms with E-state index >= 15 is 0 Å². The summed E-state index contributed by atoms with van der Waals surface area (Å²) in [4.78, 5) is 2.69. The van der Waals surface area contributed by atoms with Gasteiger partial charge in [0.1, 0.15) is 0 Å². The maximum Gasteiger partial charge on any atom is 0.00175 e. The van der Waals surface area contributed by atoms with Crippen LogP contribution >= 0.6 is 12.6 Å². The minimum Gasteiger partial charge on any atom is -0.303 e. The van der Waals surface area contributed by atoms with Gasteiger partial charge in [-0.15, -0.1) is 0 Å². The third-order valence-corrected chi connectivity index (χ3v) is 4.80. The number of hydrogen-bond donors (Lipinski definition) is 1. The predicted octanol–water partition coefficient (Wildman–Crippen LogP) is 4.09. The smallest absolute Gasteiger partial charge is 0.00175 e. The van der Waals surface area contributed by atoms with Crippen LogP contribution < -0.4 is 0 Å². The maximum atomic E-state index is 4.50. The minimum absolute atomic E-state index is 0.805. The average Bonchev–Trinajstić information content (AvgIpc) is 2.54. The lowest BCUT2D eigenvalue weighted by Crippen LogP contribution is -2.31. The van der Waals surface area contributed by atoms with Crippen molar-refractivity contribution in [2.45, 2.75) is 52.9 Å². The van der Waals surface area contributed by atoms with E-state index in [0.29, 0.717) is 0 Å². The van der Waals surface area contributed by atoms with Gasteiger partial charge in [0.15, 0.2) is 0 Å². The topological polar surface area (TPSA) is 3.24 Å². The molecule has 2 unspecified atom stereocenters. The van der Waals surface area contributed by atoms with E-state index in [9.17, 15) is 0 Å². The molecule has 2 heteroatoms. The molecule has 1 nitrogen and oxygen atoms in total. The van der Waals surface area contributed by atoms with E-state index in [0.717, 1.165) is 23.5 Å². The van der Waals surface area contributed by atoms with Gasteiger partial charge in [0.05, 0.1) is 0 Å². The monoisotopic (exact) mass is 257 g/mol. The van der Waals surface area contributed by atoms with Crippen molar-refractivity contribution in [3.05, 3.63) is 0 Å². The number of nitrogens with zero attached hydrogens (tertiary/aromatic N) is 1.